The summed E-state index contributed by atoms with van der Waals surface area (Å²) in [4.78, 5) is 26.6. The Hall–Kier alpha value is -2.76. The molecule has 1 aromatic carbocycles. The molecule has 2 aromatic rings. The summed E-state index contributed by atoms with van der Waals surface area (Å²) in [6.07, 6.45) is 0.527. The standard InChI is InChI=1S/C20H27N5O5S/c1-14-18(15(2)30-23-14)31(28,29)25-11-7-10-24(12-13-25)17(16-8-5-4-6-9-16)19(26)22-20(27)21-3/h4-6,8-9,17H,7,10-13H2,1-3H3,(H2,21,22,26,27). The van der Waals surface area contributed by atoms with Crippen molar-refractivity contribution in [2.45, 2.75) is 31.2 Å². The molecule has 0 bridgehead atoms. The van der Waals surface area contributed by atoms with E-state index in [-0.39, 0.29) is 17.2 Å². The molecule has 2 N–H and O–H groups in total. The van der Waals surface area contributed by atoms with Gasteiger partial charge in [0.15, 0.2) is 5.76 Å². The van der Waals surface area contributed by atoms with Gasteiger partial charge in [0.25, 0.3) is 0 Å². The number of carbonyl (C=O) groups excluding carboxylic acids is 2. The fraction of sp³-hybridized carbons (Fsp3) is 0.450. The van der Waals surface area contributed by atoms with Gasteiger partial charge in [0.1, 0.15) is 16.6 Å². The molecule has 0 spiro atoms. The number of nitrogens with zero attached hydrogens (tertiary/aromatic N) is 3. The highest BCUT2D eigenvalue weighted by atomic mass is 32.2. The van der Waals surface area contributed by atoms with Crippen LogP contribution in [0.25, 0.3) is 0 Å². The molecule has 0 saturated carbocycles. The van der Waals surface area contributed by atoms with E-state index in [4.69, 9.17) is 4.52 Å². The fourth-order valence-corrected chi connectivity index (χ4v) is 5.55. The fourth-order valence-electron chi connectivity index (χ4n) is 3.79. The minimum absolute atomic E-state index is 0.0953. The number of hydrogen-bond acceptors (Lipinski definition) is 7. The molecule has 1 unspecified atom stereocenters. The van der Waals surface area contributed by atoms with Gasteiger partial charge >= 0.3 is 6.03 Å². The first-order chi connectivity index (χ1) is 14.8. The molecular formula is C20H27N5O5S. The molecule has 168 valence electrons. The van der Waals surface area contributed by atoms with Gasteiger partial charge in [-0.05, 0) is 25.8 Å². The van der Waals surface area contributed by atoms with Crippen LogP contribution in [0.15, 0.2) is 39.8 Å². The van der Waals surface area contributed by atoms with E-state index in [0.717, 1.165) is 5.56 Å². The number of aromatic nitrogens is 1. The summed E-state index contributed by atoms with van der Waals surface area (Å²) in [5.74, 6) is -0.210. The highest BCUT2D eigenvalue weighted by molar-refractivity contribution is 7.89. The minimum Gasteiger partial charge on any atom is -0.360 e. The van der Waals surface area contributed by atoms with Crippen LogP contribution in [0, 0.1) is 13.8 Å². The number of imide groups is 1. The molecule has 3 rings (SSSR count). The number of nitrogens with one attached hydrogen (secondary N) is 2. The quantitative estimate of drug-likeness (QED) is 0.702. The summed E-state index contributed by atoms with van der Waals surface area (Å²) in [5.41, 5.74) is 1.05. The van der Waals surface area contributed by atoms with Crippen molar-refractivity contribution in [3.63, 3.8) is 0 Å². The lowest BCUT2D eigenvalue weighted by Crippen LogP contribution is -2.46. The van der Waals surface area contributed by atoms with Gasteiger partial charge in [-0.25, -0.2) is 13.2 Å². The van der Waals surface area contributed by atoms with Gasteiger partial charge in [-0.15, -0.1) is 0 Å². The third kappa shape index (κ3) is 4.94. The second kappa shape index (κ2) is 9.58. The van der Waals surface area contributed by atoms with Crippen LogP contribution < -0.4 is 10.6 Å². The molecule has 31 heavy (non-hydrogen) atoms. The van der Waals surface area contributed by atoms with E-state index in [2.05, 4.69) is 15.8 Å². The van der Waals surface area contributed by atoms with Crippen LogP contribution in [0.2, 0.25) is 0 Å². The summed E-state index contributed by atoms with van der Waals surface area (Å²) in [6.45, 7) is 4.50. The summed E-state index contributed by atoms with van der Waals surface area (Å²) in [7, 11) is -2.34. The number of sulfonamides is 1. The summed E-state index contributed by atoms with van der Waals surface area (Å²) in [5, 5.41) is 8.48. The van der Waals surface area contributed by atoms with Gasteiger partial charge in [0, 0.05) is 33.2 Å². The number of rotatable bonds is 5. The van der Waals surface area contributed by atoms with Crippen LogP contribution in [0.4, 0.5) is 4.79 Å². The molecule has 0 radical (unpaired) electrons. The number of urea groups is 1. The Kier molecular flexibility index (Phi) is 7.08. The SMILES string of the molecule is CNC(=O)NC(=O)C(c1ccccc1)N1CCCN(S(=O)(=O)c2c(C)noc2C)CC1. The van der Waals surface area contributed by atoms with Gasteiger partial charge in [-0.2, -0.15) is 4.31 Å². The lowest BCUT2D eigenvalue weighted by molar-refractivity contribution is -0.125. The molecule has 1 aromatic heterocycles. The van der Waals surface area contributed by atoms with Crippen molar-refractivity contribution < 1.29 is 22.5 Å². The first kappa shape index (κ1) is 22.9. The summed E-state index contributed by atoms with van der Waals surface area (Å²) < 4.78 is 32.8. The Morgan fingerprint density at radius 1 is 1.10 bits per heavy atom. The average Bonchev–Trinajstić information content (AvgIpc) is 2.93. The Balaban J connectivity index is 1.84. The van der Waals surface area contributed by atoms with Crippen LogP contribution in [0.5, 0.6) is 0 Å². The molecule has 0 aliphatic carbocycles. The largest absolute Gasteiger partial charge is 0.360 e. The number of benzene rings is 1. The summed E-state index contributed by atoms with van der Waals surface area (Å²) in [6, 6.07) is 7.80. The second-order valence-electron chi connectivity index (χ2n) is 7.33. The maximum Gasteiger partial charge on any atom is 0.321 e. The van der Waals surface area contributed by atoms with Gasteiger partial charge in [0.2, 0.25) is 15.9 Å². The van der Waals surface area contributed by atoms with Crippen molar-refractivity contribution in [1.29, 1.82) is 0 Å². The maximum atomic E-state index is 13.2. The second-order valence-corrected chi connectivity index (χ2v) is 9.20. The van der Waals surface area contributed by atoms with Gasteiger partial charge < -0.3 is 9.84 Å². The number of carbonyl (C=O) groups is 2. The molecular weight excluding hydrogens is 422 g/mol. The molecule has 1 saturated heterocycles. The van der Waals surface area contributed by atoms with E-state index in [1.54, 1.807) is 13.8 Å². The smallest absolute Gasteiger partial charge is 0.321 e. The van der Waals surface area contributed by atoms with Gasteiger partial charge in [-0.3, -0.25) is 15.0 Å². The van der Waals surface area contributed by atoms with Crippen molar-refractivity contribution >= 4 is 22.0 Å². The molecule has 11 heteroatoms. The molecule has 10 nitrogen and oxygen atoms in total. The number of amides is 3. The zero-order valence-corrected chi connectivity index (χ0v) is 18.6. The van der Waals surface area contributed by atoms with Gasteiger partial charge in [-0.1, -0.05) is 35.5 Å². The van der Waals surface area contributed by atoms with Crippen LogP contribution in [0.1, 0.15) is 29.5 Å². The van der Waals surface area contributed by atoms with Crippen molar-refractivity contribution in [1.82, 2.24) is 25.0 Å². The Bertz CT molecular complexity index is 1020. The molecule has 1 aliphatic rings. The van der Waals surface area contributed by atoms with E-state index in [9.17, 15) is 18.0 Å². The first-order valence-corrected chi connectivity index (χ1v) is 11.4. The maximum absolute atomic E-state index is 13.2. The van der Waals surface area contributed by atoms with E-state index < -0.39 is 28.0 Å². The normalized spacial score (nSPS) is 17.0. The van der Waals surface area contributed by atoms with E-state index in [1.165, 1.54) is 11.4 Å². The van der Waals surface area contributed by atoms with E-state index >= 15 is 0 Å². The molecule has 1 aliphatic heterocycles. The van der Waals surface area contributed by atoms with E-state index in [1.807, 2.05) is 35.2 Å². The molecule has 3 amide bonds. The van der Waals surface area contributed by atoms with Crippen LogP contribution in [-0.4, -0.2) is 67.9 Å². The Morgan fingerprint density at radius 3 is 2.42 bits per heavy atom. The monoisotopic (exact) mass is 449 g/mol. The van der Waals surface area contributed by atoms with E-state index in [0.29, 0.717) is 31.7 Å². The van der Waals surface area contributed by atoms with Crippen molar-refractivity contribution in [2.24, 2.45) is 0 Å². The Labute approximate surface area is 181 Å². The number of hydrogen-bond donors (Lipinski definition) is 2. The predicted molar refractivity (Wildman–Crippen MR) is 113 cm³/mol. The third-order valence-electron chi connectivity index (χ3n) is 5.25. The van der Waals surface area contributed by atoms with Crippen LogP contribution >= 0.6 is 0 Å². The topological polar surface area (TPSA) is 125 Å². The van der Waals surface area contributed by atoms with Crippen molar-refractivity contribution in [3.05, 3.63) is 47.3 Å². The van der Waals surface area contributed by atoms with Crippen molar-refractivity contribution in [3.8, 4) is 0 Å². The van der Waals surface area contributed by atoms with Crippen LogP contribution in [0.3, 0.4) is 0 Å². The predicted octanol–water partition coefficient (Wildman–Crippen LogP) is 1.18. The zero-order chi connectivity index (χ0) is 22.6. The molecule has 1 atom stereocenters. The summed E-state index contributed by atoms with van der Waals surface area (Å²) >= 11 is 0. The van der Waals surface area contributed by atoms with Crippen LogP contribution in [-0.2, 0) is 14.8 Å². The third-order valence-corrected chi connectivity index (χ3v) is 7.39. The van der Waals surface area contributed by atoms with Crippen molar-refractivity contribution in [2.75, 3.05) is 33.2 Å². The highest BCUT2D eigenvalue weighted by Gasteiger charge is 2.35. The number of aryl methyl sites for hydroxylation is 2. The molecule has 1 fully saturated rings. The lowest BCUT2D eigenvalue weighted by Gasteiger charge is -2.29. The lowest BCUT2D eigenvalue weighted by atomic mass is 10.0. The zero-order valence-electron chi connectivity index (χ0n) is 17.8. The highest BCUT2D eigenvalue weighted by Crippen LogP contribution is 2.27. The minimum atomic E-state index is -3.77. The molecule has 2 heterocycles. The van der Waals surface area contributed by atoms with Gasteiger partial charge in [0.05, 0.1) is 0 Å². The average molecular weight is 450 g/mol. The first-order valence-electron chi connectivity index (χ1n) is 10.00. The Morgan fingerprint density at radius 2 is 1.81 bits per heavy atom.